The highest BCUT2D eigenvalue weighted by Gasteiger charge is 2.20. The van der Waals surface area contributed by atoms with Crippen molar-refractivity contribution in [1.29, 1.82) is 0 Å². The van der Waals surface area contributed by atoms with E-state index in [1.54, 1.807) is 12.1 Å². The largest absolute Gasteiger partial charge is 0.495 e. The van der Waals surface area contributed by atoms with Crippen LogP contribution >= 0.6 is 0 Å². The molecule has 132 valence electrons. The van der Waals surface area contributed by atoms with Gasteiger partial charge in [0.2, 0.25) is 5.91 Å². The van der Waals surface area contributed by atoms with Crippen LogP contribution in [0.2, 0.25) is 0 Å². The molecule has 0 spiro atoms. The fraction of sp³-hybridized carbons (Fsp3) is 0.278. The zero-order valence-electron chi connectivity index (χ0n) is 14.0. The van der Waals surface area contributed by atoms with Crippen LogP contribution in [0, 0.1) is 0 Å². The first-order valence-electron chi connectivity index (χ1n) is 7.91. The van der Waals surface area contributed by atoms with Gasteiger partial charge in [0.05, 0.1) is 12.8 Å². The number of fused-ring (bicyclic) bond motifs is 1. The van der Waals surface area contributed by atoms with Gasteiger partial charge in [-0.2, -0.15) is 8.42 Å². The lowest BCUT2D eigenvalue weighted by atomic mass is 10.1. The van der Waals surface area contributed by atoms with Gasteiger partial charge in [-0.15, -0.1) is 0 Å². The molecule has 1 amide bonds. The zero-order valence-corrected chi connectivity index (χ0v) is 14.9. The maximum Gasteiger partial charge on any atom is 0.339 e. The second-order valence-corrected chi connectivity index (χ2v) is 7.41. The number of ether oxygens (including phenoxy) is 1. The third-order valence-electron chi connectivity index (χ3n) is 4.05. The lowest BCUT2D eigenvalue weighted by molar-refractivity contribution is -0.114. The summed E-state index contributed by atoms with van der Waals surface area (Å²) in [5, 5.41) is 2.55. The molecule has 0 saturated heterocycles. The van der Waals surface area contributed by atoms with E-state index in [1.807, 2.05) is 6.07 Å². The molecule has 1 aliphatic rings. The van der Waals surface area contributed by atoms with Gasteiger partial charge in [-0.05, 0) is 60.7 Å². The topological polar surface area (TPSA) is 81.7 Å². The summed E-state index contributed by atoms with van der Waals surface area (Å²) < 4.78 is 35.5. The number of nitrogens with one attached hydrogen (secondary N) is 1. The molecule has 0 atom stereocenters. The minimum atomic E-state index is -4.02. The minimum absolute atomic E-state index is 0.0578. The molecular weight excluding hydrogens is 342 g/mol. The van der Waals surface area contributed by atoms with Gasteiger partial charge >= 0.3 is 10.1 Å². The summed E-state index contributed by atoms with van der Waals surface area (Å²) in [4.78, 5) is 11.2. The van der Waals surface area contributed by atoms with E-state index in [0.717, 1.165) is 24.8 Å². The van der Waals surface area contributed by atoms with E-state index in [1.165, 1.54) is 37.8 Å². The van der Waals surface area contributed by atoms with Gasteiger partial charge in [0, 0.05) is 6.92 Å². The number of carbonyl (C=O) groups is 1. The molecule has 0 aliphatic heterocycles. The molecule has 0 radical (unpaired) electrons. The molecule has 0 fully saturated rings. The van der Waals surface area contributed by atoms with Crippen molar-refractivity contribution in [3.63, 3.8) is 0 Å². The average molecular weight is 361 g/mol. The van der Waals surface area contributed by atoms with Crippen LogP contribution in [-0.2, 0) is 27.8 Å². The van der Waals surface area contributed by atoms with Crippen molar-refractivity contribution in [2.75, 3.05) is 12.4 Å². The van der Waals surface area contributed by atoms with Gasteiger partial charge in [0.15, 0.2) is 0 Å². The quantitative estimate of drug-likeness (QED) is 0.828. The number of carbonyl (C=O) groups excluding carboxylic acids is 1. The van der Waals surface area contributed by atoms with Crippen molar-refractivity contribution < 1.29 is 22.1 Å². The van der Waals surface area contributed by atoms with Crippen LogP contribution in [0.15, 0.2) is 41.3 Å². The number of benzene rings is 2. The molecule has 0 saturated carbocycles. The number of rotatable bonds is 5. The Bertz CT molecular complexity index is 921. The van der Waals surface area contributed by atoms with E-state index in [4.69, 9.17) is 8.92 Å². The fourth-order valence-electron chi connectivity index (χ4n) is 2.90. The Hall–Kier alpha value is -2.54. The van der Waals surface area contributed by atoms with E-state index < -0.39 is 10.1 Å². The third kappa shape index (κ3) is 3.76. The summed E-state index contributed by atoms with van der Waals surface area (Å²) in [6, 6.07) is 9.53. The van der Waals surface area contributed by atoms with Crippen LogP contribution in [0.25, 0.3) is 0 Å². The van der Waals surface area contributed by atoms with Crippen LogP contribution in [0.3, 0.4) is 0 Å². The molecule has 3 rings (SSSR count). The van der Waals surface area contributed by atoms with Gasteiger partial charge < -0.3 is 14.2 Å². The first kappa shape index (κ1) is 17.3. The van der Waals surface area contributed by atoms with Crippen molar-refractivity contribution in [2.45, 2.75) is 31.1 Å². The van der Waals surface area contributed by atoms with Crippen LogP contribution < -0.4 is 14.2 Å². The standard InChI is InChI=1S/C18H19NO5S/c1-12(20)19-17-11-16(8-9-18(17)23-2)25(21,22)24-15-7-6-13-4-3-5-14(13)10-15/h6-11H,3-5H2,1-2H3,(H,19,20). The van der Waals surface area contributed by atoms with Crippen molar-refractivity contribution in [3.8, 4) is 11.5 Å². The minimum Gasteiger partial charge on any atom is -0.495 e. The summed E-state index contributed by atoms with van der Waals surface area (Å²) in [6.45, 7) is 1.33. The molecule has 7 heteroatoms. The van der Waals surface area contributed by atoms with Gasteiger partial charge in [0.25, 0.3) is 0 Å². The van der Waals surface area contributed by atoms with Crippen LogP contribution in [0.4, 0.5) is 5.69 Å². The van der Waals surface area contributed by atoms with E-state index in [0.29, 0.717) is 5.75 Å². The van der Waals surface area contributed by atoms with Crippen molar-refractivity contribution in [1.82, 2.24) is 0 Å². The second kappa shape index (κ2) is 6.76. The SMILES string of the molecule is COc1ccc(S(=O)(=O)Oc2ccc3c(c2)CCC3)cc1NC(C)=O. The zero-order chi connectivity index (χ0) is 18.0. The predicted molar refractivity (Wildman–Crippen MR) is 93.6 cm³/mol. The molecule has 0 unspecified atom stereocenters. The molecule has 1 N–H and O–H groups in total. The van der Waals surface area contributed by atoms with Crippen molar-refractivity contribution in [2.24, 2.45) is 0 Å². The lowest BCUT2D eigenvalue weighted by Gasteiger charge is -2.12. The first-order valence-corrected chi connectivity index (χ1v) is 9.32. The maximum atomic E-state index is 12.6. The Labute approximate surface area is 146 Å². The Morgan fingerprint density at radius 1 is 1.08 bits per heavy atom. The fourth-order valence-corrected chi connectivity index (χ4v) is 3.85. The molecule has 1 aliphatic carbocycles. The number of amides is 1. The van der Waals surface area contributed by atoms with Crippen molar-refractivity contribution >= 4 is 21.7 Å². The lowest BCUT2D eigenvalue weighted by Crippen LogP contribution is -2.12. The van der Waals surface area contributed by atoms with Gasteiger partial charge in [-0.1, -0.05) is 6.07 Å². The number of methoxy groups -OCH3 is 1. The number of hydrogen-bond donors (Lipinski definition) is 1. The Balaban J connectivity index is 1.90. The molecule has 0 heterocycles. The van der Waals surface area contributed by atoms with E-state index in [-0.39, 0.29) is 22.2 Å². The summed E-state index contributed by atoms with van der Waals surface area (Å²) in [5.74, 6) is 0.330. The Kier molecular flexibility index (Phi) is 4.67. The van der Waals surface area contributed by atoms with Gasteiger partial charge in [0.1, 0.15) is 16.4 Å². The molecule has 0 bridgehead atoms. The van der Waals surface area contributed by atoms with Gasteiger partial charge in [-0.25, -0.2) is 0 Å². The molecular formula is C18H19NO5S. The van der Waals surface area contributed by atoms with E-state index in [2.05, 4.69) is 5.32 Å². The summed E-state index contributed by atoms with van der Waals surface area (Å²) >= 11 is 0. The third-order valence-corrected chi connectivity index (χ3v) is 5.29. The average Bonchev–Trinajstić information content (AvgIpc) is 3.01. The molecule has 2 aromatic carbocycles. The molecule has 2 aromatic rings. The second-order valence-electron chi connectivity index (χ2n) is 5.86. The van der Waals surface area contributed by atoms with E-state index in [9.17, 15) is 13.2 Å². The highest BCUT2D eigenvalue weighted by atomic mass is 32.2. The van der Waals surface area contributed by atoms with Crippen LogP contribution in [-0.4, -0.2) is 21.4 Å². The highest BCUT2D eigenvalue weighted by molar-refractivity contribution is 7.87. The van der Waals surface area contributed by atoms with Crippen LogP contribution in [0.1, 0.15) is 24.5 Å². The monoisotopic (exact) mass is 361 g/mol. The van der Waals surface area contributed by atoms with Crippen LogP contribution in [0.5, 0.6) is 11.5 Å². The predicted octanol–water partition coefficient (Wildman–Crippen LogP) is 2.91. The number of aryl methyl sites for hydroxylation is 2. The summed E-state index contributed by atoms with van der Waals surface area (Å²) in [5.41, 5.74) is 2.64. The molecule has 25 heavy (non-hydrogen) atoms. The Morgan fingerprint density at radius 3 is 2.56 bits per heavy atom. The summed E-state index contributed by atoms with van der Waals surface area (Å²) in [6.07, 6.45) is 3.02. The highest BCUT2D eigenvalue weighted by Crippen LogP contribution is 2.31. The molecule has 0 aromatic heterocycles. The van der Waals surface area contributed by atoms with Gasteiger partial charge in [-0.3, -0.25) is 4.79 Å². The normalized spacial score (nSPS) is 13.2. The van der Waals surface area contributed by atoms with E-state index >= 15 is 0 Å². The summed E-state index contributed by atoms with van der Waals surface area (Å²) in [7, 11) is -2.58. The van der Waals surface area contributed by atoms with Crippen molar-refractivity contribution in [3.05, 3.63) is 47.5 Å². The number of hydrogen-bond acceptors (Lipinski definition) is 5. The maximum absolute atomic E-state index is 12.6. The smallest absolute Gasteiger partial charge is 0.339 e. The Morgan fingerprint density at radius 2 is 1.84 bits per heavy atom. The first-order chi connectivity index (χ1) is 11.9. The molecule has 6 nitrogen and oxygen atoms in total. The number of anilines is 1.